The molecule has 0 aliphatic carbocycles. The maximum Gasteiger partial charge on any atom is 0.352 e. The van der Waals surface area contributed by atoms with Crippen molar-refractivity contribution in [3.8, 4) is 11.5 Å². The van der Waals surface area contributed by atoms with Crippen LogP contribution in [0.25, 0.3) is 0 Å². The van der Waals surface area contributed by atoms with Crippen LogP contribution in [-0.4, -0.2) is 30.7 Å². The highest BCUT2D eigenvalue weighted by Crippen LogP contribution is 2.37. The summed E-state index contributed by atoms with van der Waals surface area (Å²) < 4.78 is 11.2. The Morgan fingerprint density at radius 2 is 2.19 bits per heavy atom. The van der Waals surface area contributed by atoms with E-state index in [-0.39, 0.29) is 23.3 Å². The van der Waals surface area contributed by atoms with Crippen molar-refractivity contribution in [2.24, 2.45) is 5.92 Å². The van der Waals surface area contributed by atoms with Gasteiger partial charge in [0.15, 0.2) is 0 Å². The molecule has 1 aliphatic rings. The molecule has 1 unspecified atom stereocenters. The topological polar surface area (TPSA) is 73.6 Å². The zero-order valence-corrected chi connectivity index (χ0v) is 12.5. The Bertz CT molecular complexity index is 485. The first kappa shape index (κ1) is 15.6. The summed E-state index contributed by atoms with van der Waals surface area (Å²) >= 11 is 0. The molecule has 6 nitrogen and oxygen atoms in total. The Morgan fingerprint density at radius 3 is 2.81 bits per heavy atom. The van der Waals surface area contributed by atoms with Crippen LogP contribution < -0.4 is 14.8 Å². The van der Waals surface area contributed by atoms with Gasteiger partial charge in [0.2, 0.25) is 11.5 Å². The van der Waals surface area contributed by atoms with Crippen molar-refractivity contribution in [3.63, 3.8) is 0 Å². The van der Waals surface area contributed by atoms with Gasteiger partial charge in [-0.15, -0.1) is 0 Å². The van der Waals surface area contributed by atoms with E-state index in [0.29, 0.717) is 12.5 Å². The van der Waals surface area contributed by atoms with Crippen LogP contribution in [-0.2, 0) is 0 Å². The predicted octanol–water partition coefficient (Wildman–Crippen LogP) is 2.76. The standard InChI is InChI=1S/C15H22N2O4/c1-11(2)21-14-7-3-6-13(15(14)17(18)19)20-10-12-5-4-8-16-9-12/h3,6-7,11-12,16H,4-5,8-10H2,1-2H3. The lowest BCUT2D eigenvalue weighted by atomic mass is 10.0. The number of piperidine rings is 1. The van der Waals surface area contributed by atoms with E-state index < -0.39 is 4.92 Å². The first-order chi connectivity index (χ1) is 10.1. The minimum atomic E-state index is -0.438. The number of benzene rings is 1. The number of rotatable bonds is 6. The van der Waals surface area contributed by atoms with E-state index in [1.54, 1.807) is 18.2 Å². The van der Waals surface area contributed by atoms with Gasteiger partial charge in [0.25, 0.3) is 0 Å². The highest BCUT2D eigenvalue weighted by Gasteiger charge is 2.24. The van der Waals surface area contributed by atoms with E-state index in [1.165, 1.54) is 0 Å². The number of hydrogen-bond donors (Lipinski definition) is 1. The molecule has 0 saturated carbocycles. The van der Waals surface area contributed by atoms with Crippen LogP contribution in [0, 0.1) is 16.0 Å². The first-order valence-corrected chi connectivity index (χ1v) is 7.35. The summed E-state index contributed by atoms with van der Waals surface area (Å²) in [6, 6.07) is 4.95. The third-order valence-corrected chi connectivity index (χ3v) is 3.38. The van der Waals surface area contributed by atoms with Gasteiger partial charge in [0.1, 0.15) is 0 Å². The fraction of sp³-hybridized carbons (Fsp3) is 0.600. The van der Waals surface area contributed by atoms with Crippen molar-refractivity contribution in [2.75, 3.05) is 19.7 Å². The number of nitro groups is 1. The lowest BCUT2D eigenvalue weighted by Crippen LogP contribution is -2.33. The summed E-state index contributed by atoms with van der Waals surface area (Å²) in [6.45, 7) is 6.10. The van der Waals surface area contributed by atoms with E-state index in [4.69, 9.17) is 9.47 Å². The van der Waals surface area contributed by atoms with Gasteiger partial charge in [0, 0.05) is 12.5 Å². The molecule has 1 fully saturated rings. The molecule has 0 bridgehead atoms. The largest absolute Gasteiger partial charge is 0.486 e. The summed E-state index contributed by atoms with van der Waals surface area (Å²) in [4.78, 5) is 10.9. The van der Waals surface area contributed by atoms with E-state index in [9.17, 15) is 10.1 Å². The van der Waals surface area contributed by atoms with Crippen molar-refractivity contribution in [1.82, 2.24) is 5.32 Å². The molecular weight excluding hydrogens is 272 g/mol. The monoisotopic (exact) mass is 294 g/mol. The smallest absolute Gasteiger partial charge is 0.352 e. The van der Waals surface area contributed by atoms with Crippen LogP contribution in [0.3, 0.4) is 0 Å². The van der Waals surface area contributed by atoms with Gasteiger partial charge in [-0.2, -0.15) is 0 Å². The second-order valence-electron chi connectivity index (χ2n) is 5.55. The second kappa shape index (κ2) is 7.26. The number of nitrogens with one attached hydrogen (secondary N) is 1. The molecule has 2 rings (SSSR count). The number of hydrogen-bond acceptors (Lipinski definition) is 5. The zero-order chi connectivity index (χ0) is 15.2. The molecule has 0 amide bonds. The molecule has 1 saturated heterocycles. The third kappa shape index (κ3) is 4.32. The Balaban J connectivity index is 2.11. The average Bonchev–Trinajstić information content (AvgIpc) is 2.45. The SMILES string of the molecule is CC(C)Oc1cccc(OCC2CCCNC2)c1[N+](=O)[O-]. The van der Waals surface area contributed by atoms with Crippen LogP contribution in [0.5, 0.6) is 11.5 Å². The summed E-state index contributed by atoms with van der Waals surface area (Å²) in [5.41, 5.74) is -0.0880. The molecule has 116 valence electrons. The summed E-state index contributed by atoms with van der Waals surface area (Å²) in [7, 11) is 0. The van der Waals surface area contributed by atoms with Crippen molar-refractivity contribution in [3.05, 3.63) is 28.3 Å². The molecule has 1 N–H and O–H groups in total. The van der Waals surface area contributed by atoms with Crippen molar-refractivity contribution in [2.45, 2.75) is 32.8 Å². The number of ether oxygens (including phenoxy) is 2. The van der Waals surface area contributed by atoms with Gasteiger partial charge in [-0.25, -0.2) is 0 Å². The molecule has 1 heterocycles. The molecule has 1 aromatic carbocycles. The van der Waals surface area contributed by atoms with E-state index in [2.05, 4.69) is 5.32 Å². The third-order valence-electron chi connectivity index (χ3n) is 3.38. The number of para-hydroxylation sites is 1. The first-order valence-electron chi connectivity index (χ1n) is 7.35. The minimum absolute atomic E-state index is 0.0880. The summed E-state index contributed by atoms with van der Waals surface area (Å²) in [5, 5.41) is 14.6. The molecule has 0 radical (unpaired) electrons. The van der Waals surface area contributed by atoms with E-state index in [1.807, 2.05) is 13.8 Å². The molecule has 21 heavy (non-hydrogen) atoms. The second-order valence-corrected chi connectivity index (χ2v) is 5.55. The van der Waals surface area contributed by atoms with Gasteiger partial charge in [-0.1, -0.05) is 6.07 Å². The normalized spacial score (nSPS) is 18.5. The van der Waals surface area contributed by atoms with Crippen molar-refractivity contribution >= 4 is 5.69 Å². The van der Waals surface area contributed by atoms with Gasteiger partial charge in [0.05, 0.1) is 17.6 Å². The molecular formula is C15H22N2O4. The Hall–Kier alpha value is -1.82. The van der Waals surface area contributed by atoms with Crippen LogP contribution in [0.4, 0.5) is 5.69 Å². The highest BCUT2D eigenvalue weighted by atomic mass is 16.6. The quantitative estimate of drug-likeness (QED) is 0.645. The Labute approximate surface area is 124 Å². The van der Waals surface area contributed by atoms with Gasteiger partial charge in [-0.3, -0.25) is 10.1 Å². The molecule has 0 spiro atoms. The Morgan fingerprint density at radius 1 is 1.43 bits per heavy atom. The molecule has 1 aliphatic heterocycles. The zero-order valence-electron chi connectivity index (χ0n) is 12.5. The molecule has 1 aromatic rings. The number of nitro benzene ring substituents is 1. The molecule has 1 atom stereocenters. The van der Waals surface area contributed by atoms with Crippen LogP contribution in [0.2, 0.25) is 0 Å². The van der Waals surface area contributed by atoms with Crippen LogP contribution in [0.1, 0.15) is 26.7 Å². The summed E-state index contributed by atoms with van der Waals surface area (Å²) in [5.74, 6) is 0.936. The lowest BCUT2D eigenvalue weighted by Gasteiger charge is -2.22. The fourth-order valence-electron chi connectivity index (χ4n) is 2.42. The fourth-order valence-corrected chi connectivity index (χ4v) is 2.42. The van der Waals surface area contributed by atoms with Gasteiger partial charge in [-0.05, 0) is 45.4 Å². The maximum absolute atomic E-state index is 11.3. The molecule has 6 heteroatoms. The molecule has 0 aromatic heterocycles. The summed E-state index contributed by atoms with van der Waals surface area (Å²) in [6.07, 6.45) is 2.08. The lowest BCUT2D eigenvalue weighted by molar-refractivity contribution is -0.387. The van der Waals surface area contributed by atoms with Gasteiger partial charge < -0.3 is 14.8 Å². The highest BCUT2D eigenvalue weighted by molar-refractivity contribution is 5.57. The Kier molecular flexibility index (Phi) is 5.38. The van der Waals surface area contributed by atoms with Crippen molar-refractivity contribution < 1.29 is 14.4 Å². The average molecular weight is 294 g/mol. The maximum atomic E-state index is 11.3. The van der Waals surface area contributed by atoms with E-state index >= 15 is 0 Å². The van der Waals surface area contributed by atoms with Crippen LogP contribution in [0.15, 0.2) is 18.2 Å². The predicted molar refractivity (Wildman–Crippen MR) is 79.9 cm³/mol. The minimum Gasteiger partial charge on any atom is -0.486 e. The number of nitrogens with zero attached hydrogens (tertiary/aromatic N) is 1. The van der Waals surface area contributed by atoms with Gasteiger partial charge >= 0.3 is 5.69 Å². The van der Waals surface area contributed by atoms with E-state index in [0.717, 1.165) is 25.9 Å². The van der Waals surface area contributed by atoms with Crippen molar-refractivity contribution in [1.29, 1.82) is 0 Å². The van der Waals surface area contributed by atoms with Crippen LogP contribution >= 0.6 is 0 Å².